The third-order valence-electron chi connectivity index (χ3n) is 4.98. The molecule has 29 heavy (non-hydrogen) atoms. The molecule has 3 heterocycles. The van der Waals surface area contributed by atoms with E-state index in [1.54, 1.807) is 17.7 Å². The van der Waals surface area contributed by atoms with Gasteiger partial charge >= 0.3 is 0 Å². The molecular weight excluding hydrogens is 390 g/mol. The van der Waals surface area contributed by atoms with Gasteiger partial charge in [-0.05, 0) is 30.9 Å². The van der Waals surface area contributed by atoms with Gasteiger partial charge in [0.1, 0.15) is 10.6 Å². The Kier molecular flexibility index (Phi) is 7.51. The van der Waals surface area contributed by atoms with Gasteiger partial charge in [-0.1, -0.05) is 25.2 Å². The zero-order valence-corrected chi connectivity index (χ0v) is 18.1. The van der Waals surface area contributed by atoms with E-state index in [2.05, 4.69) is 34.3 Å². The van der Waals surface area contributed by atoms with Crippen molar-refractivity contribution in [1.29, 1.82) is 0 Å². The summed E-state index contributed by atoms with van der Waals surface area (Å²) in [6, 6.07) is 1.81. The highest BCUT2D eigenvalue weighted by Crippen LogP contribution is 2.17. The van der Waals surface area contributed by atoms with Crippen molar-refractivity contribution in [3.8, 4) is 0 Å². The Hall–Kier alpha value is -2.10. The number of aromatic nitrogens is 3. The number of carbonyl (C=O) groups excluding carboxylic acids is 1. The molecule has 1 aliphatic heterocycles. The number of morpholine rings is 1. The highest BCUT2D eigenvalue weighted by Gasteiger charge is 2.18. The topological polar surface area (TPSA) is 89.3 Å². The van der Waals surface area contributed by atoms with Crippen LogP contribution in [0, 0.1) is 12.8 Å². The molecule has 1 N–H and O–H groups in total. The van der Waals surface area contributed by atoms with Crippen LogP contribution in [0.15, 0.2) is 17.1 Å². The maximum atomic E-state index is 12.8. The number of hydrogen-bond acceptors (Lipinski definition) is 7. The quantitative estimate of drug-likeness (QED) is 0.705. The second kappa shape index (κ2) is 10.1. The first-order chi connectivity index (χ1) is 13.9. The van der Waals surface area contributed by atoms with Gasteiger partial charge in [0.15, 0.2) is 0 Å². The van der Waals surface area contributed by atoms with E-state index < -0.39 is 5.91 Å². The number of ether oxygens (including phenoxy) is 1. The van der Waals surface area contributed by atoms with E-state index in [9.17, 15) is 9.59 Å². The fourth-order valence-electron chi connectivity index (χ4n) is 3.16. The van der Waals surface area contributed by atoms with Crippen LogP contribution in [0.1, 0.15) is 41.2 Å². The lowest BCUT2D eigenvalue weighted by molar-refractivity contribution is 0.0384. The van der Waals surface area contributed by atoms with Crippen molar-refractivity contribution in [3.05, 3.63) is 38.8 Å². The Morgan fingerprint density at radius 1 is 1.28 bits per heavy atom. The molecule has 0 aromatic carbocycles. The summed E-state index contributed by atoms with van der Waals surface area (Å²) in [5.74, 6) is 0.0556. The van der Waals surface area contributed by atoms with E-state index in [0.29, 0.717) is 23.2 Å². The van der Waals surface area contributed by atoms with Gasteiger partial charge in [0.05, 0.1) is 13.2 Å². The number of pyridine rings is 1. The molecule has 2 aromatic heterocycles. The lowest BCUT2D eigenvalue weighted by Crippen LogP contribution is -2.37. The van der Waals surface area contributed by atoms with Crippen LogP contribution in [0.2, 0.25) is 0 Å². The first-order valence-corrected chi connectivity index (χ1v) is 10.9. The van der Waals surface area contributed by atoms with E-state index in [1.165, 1.54) is 11.3 Å². The molecule has 0 spiro atoms. The van der Waals surface area contributed by atoms with Crippen LogP contribution in [0.4, 0.5) is 5.13 Å². The van der Waals surface area contributed by atoms with Gasteiger partial charge in [-0.2, -0.15) is 0 Å². The summed E-state index contributed by atoms with van der Waals surface area (Å²) in [5, 5.41) is 12.3. The maximum absolute atomic E-state index is 12.8. The molecule has 1 amide bonds. The van der Waals surface area contributed by atoms with Crippen LogP contribution in [0.25, 0.3) is 0 Å². The molecule has 1 fully saturated rings. The lowest BCUT2D eigenvalue weighted by atomic mass is 10.1. The third kappa shape index (κ3) is 5.94. The Morgan fingerprint density at radius 3 is 2.76 bits per heavy atom. The van der Waals surface area contributed by atoms with Gasteiger partial charge in [0.25, 0.3) is 11.5 Å². The number of rotatable bonds is 8. The summed E-state index contributed by atoms with van der Waals surface area (Å²) < 4.78 is 6.96. The van der Waals surface area contributed by atoms with E-state index in [-0.39, 0.29) is 11.1 Å². The number of hydrogen-bond donors (Lipinski definition) is 1. The highest BCUT2D eigenvalue weighted by atomic mass is 32.1. The normalized spacial score (nSPS) is 15.0. The molecule has 0 saturated carbocycles. The molecule has 1 aliphatic rings. The SMILES string of the molecule is Cc1ccn(CCC(C)C)c(=O)c1C(=O)Nc1nnc(CCN2CCOCC2)s1. The molecule has 0 bridgehead atoms. The van der Waals surface area contributed by atoms with Crippen molar-refractivity contribution >= 4 is 22.4 Å². The van der Waals surface area contributed by atoms with Gasteiger partial charge in [-0.25, -0.2) is 0 Å². The predicted molar refractivity (Wildman–Crippen MR) is 114 cm³/mol. The van der Waals surface area contributed by atoms with Crippen molar-refractivity contribution in [3.63, 3.8) is 0 Å². The molecule has 8 nitrogen and oxygen atoms in total. The highest BCUT2D eigenvalue weighted by molar-refractivity contribution is 7.15. The van der Waals surface area contributed by atoms with Gasteiger partial charge in [0, 0.05) is 38.8 Å². The maximum Gasteiger partial charge on any atom is 0.263 e. The largest absolute Gasteiger partial charge is 0.379 e. The number of amides is 1. The second-order valence-corrected chi connectivity index (χ2v) is 8.78. The Balaban J connectivity index is 1.63. The molecule has 1 saturated heterocycles. The number of anilines is 1. The summed E-state index contributed by atoms with van der Waals surface area (Å²) in [6.07, 6.45) is 3.42. The molecule has 0 unspecified atom stereocenters. The van der Waals surface area contributed by atoms with Crippen LogP contribution in [-0.4, -0.2) is 58.4 Å². The van der Waals surface area contributed by atoms with Crippen LogP contribution in [0.3, 0.4) is 0 Å². The predicted octanol–water partition coefficient (Wildman–Crippen LogP) is 2.18. The van der Waals surface area contributed by atoms with Crippen LogP contribution >= 0.6 is 11.3 Å². The van der Waals surface area contributed by atoms with Crippen molar-refractivity contribution in [1.82, 2.24) is 19.7 Å². The lowest BCUT2D eigenvalue weighted by Gasteiger charge is -2.25. The molecular formula is C20H29N5O3S. The molecule has 2 aromatic rings. The molecule has 0 aliphatic carbocycles. The van der Waals surface area contributed by atoms with Crippen molar-refractivity contribution in [2.24, 2.45) is 5.92 Å². The summed E-state index contributed by atoms with van der Waals surface area (Å²) in [4.78, 5) is 27.9. The first kappa shape index (κ1) is 21.6. The molecule has 3 rings (SSSR count). The smallest absolute Gasteiger partial charge is 0.263 e. The standard InChI is InChI=1S/C20H29N5O3S/c1-14(2)4-8-25-9-5-15(3)17(19(25)27)18(26)21-20-23-22-16(29-20)6-7-24-10-12-28-13-11-24/h5,9,14H,4,6-8,10-13H2,1-3H3,(H,21,23,26). The number of nitrogens with one attached hydrogen (secondary N) is 1. The van der Waals surface area contributed by atoms with Gasteiger partial charge < -0.3 is 9.30 Å². The van der Waals surface area contributed by atoms with Crippen LogP contribution in [0.5, 0.6) is 0 Å². The first-order valence-electron chi connectivity index (χ1n) is 10.1. The van der Waals surface area contributed by atoms with E-state index in [4.69, 9.17) is 4.74 Å². The number of carbonyl (C=O) groups is 1. The van der Waals surface area contributed by atoms with E-state index in [0.717, 1.165) is 50.7 Å². The zero-order chi connectivity index (χ0) is 20.8. The summed E-state index contributed by atoms with van der Waals surface area (Å²) >= 11 is 1.35. The minimum Gasteiger partial charge on any atom is -0.379 e. The Bertz CT molecular complexity index is 886. The van der Waals surface area contributed by atoms with Crippen molar-refractivity contribution in [2.45, 2.75) is 40.2 Å². The molecule has 0 radical (unpaired) electrons. The Labute approximate surface area is 174 Å². The summed E-state index contributed by atoms with van der Waals surface area (Å²) in [5.41, 5.74) is 0.562. The average molecular weight is 420 g/mol. The van der Waals surface area contributed by atoms with Crippen LogP contribution in [-0.2, 0) is 17.7 Å². The third-order valence-corrected chi connectivity index (χ3v) is 5.88. The minimum absolute atomic E-state index is 0.168. The number of aryl methyl sites for hydroxylation is 2. The van der Waals surface area contributed by atoms with Gasteiger partial charge in [-0.3, -0.25) is 19.8 Å². The molecule has 158 valence electrons. The fraction of sp³-hybridized carbons (Fsp3) is 0.600. The van der Waals surface area contributed by atoms with Gasteiger partial charge in [-0.15, -0.1) is 10.2 Å². The van der Waals surface area contributed by atoms with E-state index in [1.807, 2.05) is 6.07 Å². The van der Waals surface area contributed by atoms with Crippen molar-refractivity contribution in [2.75, 3.05) is 38.2 Å². The second-order valence-electron chi connectivity index (χ2n) is 7.71. The minimum atomic E-state index is -0.428. The number of nitrogens with zero attached hydrogens (tertiary/aromatic N) is 4. The summed E-state index contributed by atoms with van der Waals surface area (Å²) in [7, 11) is 0. The molecule has 0 atom stereocenters. The van der Waals surface area contributed by atoms with E-state index >= 15 is 0 Å². The average Bonchev–Trinajstić information content (AvgIpc) is 3.14. The van der Waals surface area contributed by atoms with Crippen molar-refractivity contribution < 1.29 is 9.53 Å². The molecule has 9 heteroatoms. The zero-order valence-electron chi connectivity index (χ0n) is 17.3. The summed E-state index contributed by atoms with van der Waals surface area (Å²) in [6.45, 7) is 10.9. The van der Waals surface area contributed by atoms with Crippen LogP contribution < -0.4 is 10.9 Å². The Morgan fingerprint density at radius 2 is 2.03 bits per heavy atom. The fourth-order valence-corrected chi connectivity index (χ4v) is 3.88. The monoisotopic (exact) mass is 419 g/mol. The van der Waals surface area contributed by atoms with Gasteiger partial charge in [0.2, 0.25) is 5.13 Å².